The molecule has 0 bridgehead atoms. The van der Waals surface area contributed by atoms with Crippen molar-refractivity contribution in [1.82, 2.24) is 0 Å². The van der Waals surface area contributed by atoms with Crippen LogP contribution in [0.5, 0.6) is 11.5 Å². The highest BCUT2D eigenvalue weighted by atomic mass is 79.9. The molecule has 2 rings (SSSR count). The quantitative estimate of drug-likeness (QED) is 0.733. The van der Waals surface area contributed by atoms with Gasteiger partial charge in [0.15, 0.2) is 0 Å². The number of nitriles is 1. The summed E-state index contributed by atoms with van der Waals surface area (Å²) in [6.07, 6.45) is 0. The molecule has 0 spiro atoms. The minimum Gasteiger partial charge on any atom is -0.455 e. The van der Waals surface area contributed by atoms with Crippen LogP contribution in [-0.4, -0.2) is 0 Å². The Balaban J connectivity index is 2.40. The maximum absolute atomic E-state index is 9.05. The number of halogens is 2. The van der Waals surface area contributed by atoms with Crippen molar-refractivity contribution in [1.29, 1.82) is 5.26 Å². The van der Waals surface area contributed by atoms with Crippen molar-refractivity contribution < 1.29 is 4.74 Å². The summed E-state index contributed by atoms with van der Waals surface area (Å²) in [6.45, 7) is 1.96. The van der Waals surface area contributed by atoms with Gasteiger partial charge in [-0.25, -0.2) is 0 Å². The molecule has 0 amide bonds. The highest BCUT2D eigenvalue weighted by Gasteiger charge is 2.08. The molecule has 0 atom stereocenters. The summed E-state index contributed by atoms with van der Waals surface area (Å²) in [4.78, 5) is 0. The van der Waals surface area contributed by atoms with E-state index in [4.69, 9.17) is 10.00 Å². The molecule has 0 saturated carbocycles. The zero-order valence-electron chi connectivity index (χ0n) is 9.58. The Morgan fingerprint density at radius 3 is 2.50 bits per heavy atom. The van der Waals surface area contributed by atoms with E-state index in [-0.39, 0.29) is 0 Å². The minimum absolute atomic E-state index is 0.524. The van der Waals surface area contributed by atoms with Gasteiger partial charge in [-0.2, -0.15) is 5.26 Å². The van der Waals surface area contributed by atoms with E-state index in [0.29, 0.717) is 17.1 Å². The maximum Gasteiger partial charge on any atom is 0.145 e. The fourth-order valence-corrected chi connectivity index (χ4v) is 2.61. The van der Waals surface area contributed by atoms with Crippen molar-refractivity contribution in [3.05, 3.63) is 56.5 Å². The fourth-order valence-electron chi connectivity index (χ4n) is 1.48. The average Bonchev–Trinajstić information content (AvgIpc) is 2.33. The van der Waals surface area contributed by atoms with Crippen LogP contribution in [0.15, 0.2) is 45.3 Å². The van der Waals surface area contributed by atoms with Gasteiger partial charge in [0.2, 0.25) is 0 Å². The zero-order chi connectivity index (χ0) is 13.1. The molecule has 18 heavy (non-hydrogen) atoms. The first-order valence-corrected chi connectivity index (χ1v) is 6.82. The van der Waals surface area contributed by atoms with Crippen LogP contribution in [0.2, 0.25) is 0 Å². The van der Waals surface area contributed by atoms with E-state index in [9.17, 15) is 0 Å². The first-order valence-electron chi connectivity index (χ1n) is 5.24. The van der Waals surface area contributed by atoms with E-state index in [1.54, 1.807) is 6.07 Å². The minimum atomic E-state index is 0.524. The molecule has 90 valence electrons. The van der Waals surface area contributed by atoms with Crippen LogP contribution in [0.3, 0.4) is 0 Å². The molecule has 0 unspecified atom stereocenters. The first kappa shape index (κ1) is 13.1. The zero-order valence-corrected chi connectivity index (χ0v) is 12.7. The topological polar surface area (TPSA) is 33.0 Å². The van der Waals surface area contributed by atoms with Crippen molar-refractivity contribution in [2.45, 2.75) is 6.92 Å². The predicted molar refractivity (Wildman–Crippen MR) is 77.8 cm³/mol. The van der Waals surface area contributed by atoms with Crippen molar-refractivity contribution in [3.63, 3.8) is 0 Å². The monoisotopic (exact) mass is 365 g/mol. The van der Waals surface area contributed by atoms with Crippen LogP contribution in [0, 0.1) is 18.3 Å². The number of benzene rings is 2. The van der Waals surface area contributed by atoms with Gasteiger partial charge < -0.3 is 4.74 Å². The van der Waals surface area contributed by atoms with E-state index >= 15 is 0 Å². The number of hydrogen-bond acceptors (Lipinski definition) is 2. The Hall–Kier alpha value is -1.31. The van der Waals surface area contributed by atoms with Gasteiger partial charge in [-0.05, 0) is 58.7 Å². The smallest absolute Gasteiger partial charge is 0.145 e. The highest BCUT2D eigenvalue weighted by molar-refractivity contribution is 9.11. The Bertz CT molecular complexity index is 632. The average molecular weight is 367 g/mol. The second-order valence-electron chi connectivity index (χ2n) is 3.79. The van der Waals surface area contributed by atoms with Crippen LogP contribution >= 0.6 is 31.9 Å². The second-order valence-corrected chi connectivity index (χ2v) is 5.56. The third-order valence-electron chi connectivity index (χ3n) is 2.37. The van der Waals surface area contributed by atoms with E-state index < -0.39 is 0 Å². The van der Waals surface area contributed by atoms with Crippen LogP contribution in [0.4, 0.5) is 0 Å². The number of aryl methyl sites for hydroxylation is 1. The van der Waals surface area contributed by atoms with Gasteiger partial charge in [-0.15, -0.1) is 0 Å². The molecule has 2 nitrogen and oxygen atoms in total. The molecule has 2 aromatic rings. The summed E-state index contributed by atoms with van der Waals surface area (Å²) in [5, 5.41) is 9.05. The molecule has 0 N–H and O–H groups in total. The Morgan fingerprint density at radius 2 is 1.83 bits per heavy atom. The van der Waals surface area contributed by atoms with Crippen molar-refractivity contribution in [2.24, 2.45) is 0 Å². The van der Waals surface area contributed by atoms with Gasteiger partial charge in [-0.3, -0.25) is 0 Å². The molecular weight excluding hydrogens is 358 g/mol. The SMILES string of the molecule is Cc1ccc(C#N)c(Oc2ccc(Br)cc2Br)c1. The van der Waals surface area contributed by atoms with Crippen molar-refractivity contribution in [3.8, 4) is 17.6 Å². The molecule has 0 fully saturated rings. The van der Waals surface area contributed by atoms with Gasteiger partial charge in [-0.1, -0.05) is 22.0 Å². The van der Waals surface area contributed by atoms with E-state index in [1.165, 1.54) is 0 Å². The Kier molecular flexibility index (Phi) is 4.05. The van der Waals surface area contributed by atoms with Gasteiger partial charge in [0.05, 0.1) is 10.0 Å². The third-order valence-corrected chi connectivity index (χ3v) is 3.48. The molecule has 0 aliphatic rings. The molecule has 0 aromatic heterocycles. The molecule has 2 aromatic carbocycles. The normalized spacial score (nSPS) is 9.89. The van der Waals surface area contributed by atoms with E-state index in [1.807, 2.05) is 37.3 Å². The van der Waals surface area contributed by atoms with Crippen molar-refractivity contribution in [2.75, 3.05) is 0 Å². The standard InChI is InChI=1S/C14H9Br2NO/c1-9-2-3-10(8-17)14(6-9)18-13-5-4-11(15)7-12(13)16/h2-7H,1H3. The Labute approximate surface area is 122 Å². The van der Waals surface area contributed by atoms with Gasteiger partial charge in [0.1, 0.15) is 17.6 Å². The van der Waals surface area contributed by atoms with E-state index in [2.05, 4.69) is 37.9 Å². The summed E-state index contributed by atoms with van der Waals surface area (Å²) < 4.78 is 7.58. The maximum atomic E-state index is 9.05. The van der Waals surface area contributed by atoms with Gasteiger partial charge in [0, 0.05) is 4.47 Å². The van der Waals surface area contributed by atoms with Crippen LogP contribution in [0.25, 0.3) is 0 Å². The highest BCUT2D eigenvalue weighted by Crippen LogP contribution is 2.33. The summed E-state index contributed by atoms with van der Waals surface area (Å²) in [5.74, 6) is 1.25. The summed E-state index contributed by atoms with van der Waals surface area (Å²) in [5.41, 5.74) is 1.58. The summed E-state index contributed by atoms with van der Waals surface area (Å²) >= 11 is 6.82. The molecule has 0 heterocycles. The molecule has 0 aliphatic carbocycles. The molecule has 0 saturated heterocycles. The number of nitrogens with zero attached hydrogens (tertiary/aromatic N) is 1. The summed E-state index contributed by atoms with van der Waals surface area (Å²) in [7, 11) is 0. The predicted octanol–water partition coefficient (Wildman–Crippen LogP) is 5.18. The number of rotatable bonds is 2. The number of hydrogen-bond donors (Lipinski definition) is 0. The first-order chi connectivity index (χ1) is 8.60. The van der Waals surface area contributed by atoms with Crippen LogP contribution < -0.4 is 4.74 Å². The second kappa shape index (κ2) is 5.55. The van der Waals surface area contributed by atoms with Crippen LogP contribution in [0.1, 0.15) is 11.1 Å². The van der Waals surface area contributed by atoms with Crippen LogP contribution in [-0.2, 0) is 0 Å². The van der Waals surface area contributed by atoms with Gasteiger partial charge in [0.25, 0.3) is 0 Å². The lowest BCUT2D eigenvalue weighted by atomic mass is 10.1. The van der Waals surface area contributed by atoms with Gasteiger partial charge >= 0.3 is 0 Å². The molecule has 4 heteroatoms. The molecule has 0 aliphatic heterocycles. The third kappa shape index (κ3) is 2.92. The molecular formula is C14H9Br2NO. The molecule has 0 radical (unpaired) electrons. The summed E-state index contributed by atoms with van der Waals surface area (Å²) in [6, 6.07) is 13.3. The number of ether oxygens (including phenoxy) is 1. The lowest BCUT2D eigenvalue weighted by Gasteiger charge is -2.10. The largest absolute Gasteiger partial charge is 0.455 e. The Morgan fingerprint density at radius 1 is 1.06 bits per heavy atom. The van der Waals surface area contributed by atoms with Crippen molar-refractivity contribution >= 4 is 31.9 Å². The van der Waals surface area contributed by atoms with E-state index in [0.717, 1.165) is 14.5 Å². The lowest BCUT2D eigenvalue weighted by Crippen LogP contribution is -1.90. The lowest BCUT2D eigenvalue weighted by molar-refractivity contribution is 0.477. The fraction of sp³-hybridized carbons (Fsp3) is 0.0714.